The lowest BCUT2D eigenvalue weighted by atomic mass is 9.86. The first-order valence-corrected chi connectivity index (χ1v) is 24.8. The minimum atomic E-state index is -4.14. The van der Waals surface area contributed by atoms with E-state index in [0.717, 1.165) is 92.0 Å². The summed E-state index contributed by atoms with van der Waals surface area (Å²) in [5.41, 5.74) is 4.38. The van der Waals surface area contributed by atoms with Crippen LogP contribution in [0.5, 0.6) is 0 Å². The van der Waals surface area contributed by atoms with Gasteiger partial charge in [-0.25, -0.2) is 0 Å². The summed E-state index contributed by atoms with van der Waals surface area (Å²) in [4.78, 5) is 20.0. The van der Waals surface area contributed by atoms with E-state index in [1.165, 1.54) is 0 Å². The first-order chi connectivity index (χ1) is 26.1. The molecule has 2 aliphatic rings. The molecule has 0 radical (unpaired) electrons. The monoisotopic (exact) mass is 814 g/mol. The summed E-state index contributed by atoms with van der Waals surface area (Å²) in [6.07, 6.45) is 10.9. The Kier molecular flexibility index (Phi) is 15.1. The van der Waals surface area contributed by atoms with E-state index < -0.39 is 32.9 Å². The topological polar surface area (TPSA) is 149 Å². The van der Waals surface area contributed by atoms with Crippen molar-refractivity contribution in [2.45, 2.75) is 123 Å². The van der Waals surface area contributed by atoms with Gasteiger partial charge in [0, 0.05) is 41.3 Å². The highest BCUT2D eigenvalue weighted by Crippen LogP contribution is 2.49. The van der Waals surface area contributed by atoms with Gasteiger partial charge in [-0.3, -0.25) is 23.7 Å². The number of hydrogen-bond donors (Lipinski definition) is 2. The molecule has 0 unspecified atom stereocenters. The number of carbonyl (C=O) groups is 1. The van der Waals surface area contributed by atoms with Crippen LogP contribution in [0.15, 0.2) is 60.7 Å². The molecule has 10 nitrogen and oxygen atoms in total. The Morgan fingerprint density at radius 1 is 0.618 bits per heavy atom. The second-order valence-corrected chi connectivity index (χ2v) is 21.4. The molecule has 3 aromatic carbocycles. The van der Waals surface area contributed by atoms with Crippen LogP contribution >= 0.6 is 7.14 Å². The molecule has 2 aliphatic carbocycles. The van der Waals surface area contributed by atoms with Crippen molar-refractivity contribution in [3.05, 3.63) is 94.0 Å². The Balaban J connectivity index is 1.68. The molecule has 2 saturated carbocycles. The highest BCUT2D eigenvalue weighted by molar-refractivity contribution is 7.93. The van der Waals surface area contributed by atoms with Crippen LogP contribution in [0, 0.1) is 20.8 Å². The van der Waals surface area contributed by atoms with E-state index in [4.69, 9.17) is 0 Å². The van der Waals surface area contributed by atoms with Gasteiger partial charge in [0.05, 0.1) is 11.5 Å². The molecular formula is C42H59N2O8PS2. The van der Waals surface area contributed by atoms with Crippen molar-refractivity contribution >= 4 is 43.5 Å². The van der Waals surface area contributed by atoms with Crippen LogP contribution < -0.4 is 10.6 Å². The number of hydrogen-bond acceptors (Lipinski definition) is 8. The molecule has 0 aliphatic heterocycles. The summed E-state index contributed by atoms with van der Waals surface area (Å²) in [5.74, 6) is -0.678. The summed E-state index contributed by atoms with van der Waals surface area (Å²) in [7, 11) is -12.2. The average molecular weight is 815 g/mol. The van der Waals surface area contributed by atoms with Gasteiger partial charge in [-0.05, 0) is 100 Å². The largest absolute Gasteiger partial charge is 0.305 e. The zero-order chi connectivity index (χ0) is 39.8. The fraction of sp³-hybridized carbons (Fsp3) is 0.548. The van der Waals surface area contributed by atoms with Crippen LogP contribution in [0.3, 0.4) is 0 Å². The second-order valence-electron chi connectivity index (χ2n) is 15.6. The predicted molar refractivity (Wildman–Crippen MR) is 221 cm³/mol. The molecular weight excluding hydrogens is 756 g/mol. The van der Waals surface area contributed by atoms with E-state index in [0.29, 0.717) is 42.4 Å². The first-order valence-electron chi connectivity index (χ1n) is 19.9. The molecule has 55 heavy (non-hydrogen) atoms. The molecule has 302 valence electrons. The summed E-state index contributed by atoms with van der Waals surface area (Å²) in [6.45, 7) is 7.76. The lowest BCUT2D eigenvalue weighted by Crippen LogP contribution is -2.39. The molecule has 5 rings (SSSR count). The van der Waals surface area contributed by atoms with Crippen LogP contribution in [0.1, 0.15) is 115 Å². The number of nitrogens with zero attached hydrogens (tertiary/aromatic N) is 2. The fourth-order valence-electron chi connectivity index (χ4n) is 8.92. The van der Waals surface area contributed by atoms with Gasteiger partial charge < -0.3 is 4.57 Å². The van der Waals surface area contributed by atoms with Crippen molar-refractivity contribution < 1.29 is 35.3 Å². The zero-order valence-corrected chi connectivity index (χ0v) is 35.2. The Bertz CT molecular complexity index is 1900. The van der Waals surface area contributed by atoms with E-state index in [9.17, 15) is 25.9 Å². The van der Waals surface area contributed by atoms with Crippen LogP contribution in [0.2, 0.25) is 0 Å². The van der Waals surface area contributed by atoms with Crippen molar-refractivity contribution in [2.75, 3.05) is 24.6 Å². The first kappa shape index (κ1) is 43.4. The maximum Gasteiger partial charge on any atom is 0.264 e. The quantitative estimate of drug-likeness (QED) is 0.0972. The van der Waals surface area contributed by atoms with Crippen molar-refractivity contribution in [3.8, 4) is 0 Å². The van der Waals surface area contributed by atoms with E-state index >= 15 is 9.36 Å². The van der Waals surface area contributed by atoms with Gasteiger partial charge in [0.1, 0.15) is 0 Å². The number of benzene rings is 3. The molecule has 3 aromatic rings. The standard InChI is InChI=1S/C42H59N2O8PS2/c1-32-39(30-43(26-16-28-54(47,48)49)35-18-8-4-9-19-35)33(2)41(42(45)53(46,37-22-12-6-13-23-37)38-24-14-7-15-25-38)34(3)40(32)31-44(27-17-29-55(50,51)52)36-20-10-5-11-21-36/h6-7,12-15,22-25,35-36H,4-5,8-11,16-21,26-31H2,1-3H3,(H,47,48,49)(H,50,51,52). The maximum atomic E-state index is 15.6. The lowest BCUT2D eigenvalue weighted by Gasteiger charge is -2.37. The molecule has 0 amide bonds. The van der Waals surface area contributed by atoms with Crippen molar-refractivity contribution in [3.63, 3.8) is 0 Å². The molecule has 0 aromatic heterocycles. The molecule has 0 spiro atoms. The van der Waals surface area contributed by atoms with Crippen LogP contribution in [0.4, 0.5) is 0 Å². The third-order valence-corrected chi connectivity index (χ3v) is 16.4. The minimum absolute atomic E-state index is 0.205. The lowest BCUT2D eigenvalue weighted by molar-refractivity contribution is 0.107. The molecule has 0 atom stereocenters. The summed E-state index contributed by atoms with van der Waals surface area (Å²) >= 11 is 0. The highest BCUT2D eigenvalue weighted by atomic mass is 32.2. The smallest absolute Gasteiger partial charge is 0.264 e. The zero-order valence-electron chi connectivity index (χ0n) is 32.7. The normalized spacial score (nSPS) is 16.6. The molecule has 2 N–H and O–H groups in total. The Hall–Kier alpha value is -2.70. The van der Waals surface area contributed by atoms with Crippen LogP contribution in [-0.2, 0) is 37.9 Å². The van der Waals surface area contributed by atoms with Crippen molar-refractivity contribution in [1.29, 1.82) is 0 Å². The van der Waals surface area contributed by atoms with Crippen LogP contribution in [0.25, 0.3) is 0 Å². The van der Waals surface area contributed by atoms with Gasteiger partial charge in [0.15, 0.2) is 0 Å². The second kappa shape index (κ2) is 19.2. The van der Waals surface area contributed by atoms with Gasteiger partial charge in [-0.15, -0.1) is 0 Å². The molecule has 2 fully saturated rings. The van der Waals surface area contributed by atoms with Crippen molar-refractivity contribution in [1.82, 2.24) is 9.80 Å². The molecule has 0 bridgehead atoms. The summed E-state index contributed by atoms with van der Waals surface area (Å²) in [6, 6.07) is 18.3. The highest BCUT2D eigenvalue weighted by Gasteiger charge is 2.40. The molecule has 0 heterocycles. The number of carbonyl (C=O) groups excluding carboxylic acids is 1. The van der Waals surface area contributed by atoms with E-state index in [-0.39, 0.29) is 36.4 Å². The third kappa shape index (κ3) is 11.2. The molecule has 0 saturated heterocycles. The predicted octanol–water partition coefficient (Wildman–Crippen LogP) is 7.59. The van der Waals surface area contributed by atoms with Crippen molar-refractivity contribution in [2.24, 2.45) is 0 Å². The molecule has 13 heteroatoms. The van der Waals surface area contributed by atoms with E-state index in [1.54, 1.807) is 48.5 Å². The minimum Gasteiger partial charge on any atom is -0.305 e. The average Bonchev–Trinajstić information content (AvgIpc) is 3.16. The summed E-state index contributed by atoms with van der Waals surface area (Å²) in [5, 5.41) is 0.911. The number of rotatable bonds is 18. The SMILES string of the molecule is Cc1c(CN(CCCS(=O)(=O)O)C2CCCCC2)c(C)c(C(=O)P(=O)(c2ccccc2)c2ccccc2)c(C)c1CN(CCCS(=O)(=O)O)C1CCCCC1. The Morgan fingerprint density at radius 3 is 1.33 bits per heavy atom. The Labute approximate surface area is 329 Å². The fourth-order valence-corrected chi connectivity index (χ4v) is 12.5. The summed E-state index contributed by atoms with van der Waals surface area (Å²) < 4.78 is 81.9. The van der Waals surface area contributed by atoms with Gasteiger partial charge in [0.25, 0.3) is 20.2 Å². The van der Waals surface area contributed by atoms with Gasteiger partial charge in [0.2, 0.25) is 12.7 Å². The van der Waals surface area contributed by atoms with E-state index in [1.807, 2.05) is 26.0 Å². The van der Waals surface area contributed by atoms with Crippen LogP contribution in [-0.4, -0.2) is 77.9 Å². The van der Waals surface area contributed by atoms with Gasteiger partial charge in [-0.2, -0.15) is 16.8 Å². The Morgan fingerprint density at radius 2 is 0.982 bits per heavy atom. The van der Waals surface area contributed by atoms with E-state index in [2.05, 4.69) is 16.7 Å². The third-order valence-electron chi connectivity index (χ3n) is 11.9. The van der Waals surface area contributed by atoms with Gasteiger partial charge in [-0.1, -0.05) is 99.2 Å². The maximum absolute atomic E-state index is 15.6. The van der Waals surface area contributed by atoms with Gasteiger partial charge >= 0.3 is 0 Å².